The van der Waals surface area contributed by atoms with Crippen LogP contribution in [0.5, 0.6) is 0 Å². The molecule has 0 spiro atoms. The molecule has 1 aliphatic heterocycles. The van der Waals surface area contributed by atoms with Crippen molar-refractivity contribution >= 4 is 11.7 Å². The quantitative estimate of drug-likeness (QED) is 0.840. The van der Waals surface area contributed by atoms with Gasteiger partial charge in [0, 0.05) is 18.8 Å². The van der Waals surface area contributed by atoms with Gasteiger partial charge >= 0.3 is 18.3 Å². The molecule has 134 valence electrons. The first kappa shape index (κ1) is 18.4. The number of aliphatic carboxylic acids is 1. The number of carbonyl (C=O) groups is 1. The molecule has 1 unspecified atom stereocenters. The van der Waals surface area contributed by atoms with Crippen molar-refractivity contribution in [2.24, 2.45) is 0 Å². The molecule has 2 rings (SSSR count). The van der Waals surface area contributed by atoms with E-state index in [1.165, 1.54) is 0 Å². The number of nitrogens with zero attached hydrogens (tertiary/aromatic N) is 1. The molecule has 0 saturated carbocycles. The Hall–Kier alpha value is -1.97. The van der Waals surface area contributed by atoms with Crippen molar-refractivity contribution in [3.8, 4) is 0 Å². The monoisotopic (exact) mass is 357 g/mol. The summed E-state index contributed by atoms with van der Waals surface area (Å²) >= 11 is 0. The van der Waals surface area contributed by atoms with Crippen LogP contribution in [0.25, 0.3) is 0 Å². The predicted octanol–water partition coefficient (Wildman–Crippen LogP) is 3.40. The number of benzene rings is 1. The zero-order valence-corrected chi connectivity index (χ0v) is 12.1. The largest absolute Gasteiger partial charge is 0.480 e. The Morgan fingerprint density at radius 2 is 1.88 bits per heavy atom. The fraction of sp³-hybridized carbons (Fsp3) is 0.500. The number of carboxylic acids is 1. The van der Waals surface area contributed by atoms with Crippen LogP contribution in [0.15, 0.2) is 18.2 Å². The van der Waals surface area contributed by atoms with E-state index in [2.05, 4.69) is 0 Å². The van der Waals surface area contributed by atoms with E-state index in [4.69, 9.17) is 9.84 Å². The van der Waals surface area contributed by atoms with E-state index in [-0.39, 0.29) is 19.5 Å². The van der Waals surface area contributed by atoms with Crippen LogP contribution in [0.4, 0.5) is 32.0 Å². The number of hydrogen-bond acceptors (Lipinski definition) is 3. The van der Waals surface area contributed by atoms with Crippen molar-refractivity contribution in [3.05, 3.63) is 29.3 Å². The lowest BCUT2D eigenvalue weighted by molar-refractivity contribution is -0.144. The Bertz CT molecular complexity index is 614. The van der Waals surface area contributed by atoms with Gasteiger partial charge in [-0.1, -0.05) is 0 Å². The van der Waals surface area contributed by atoms with Crippen LogP contribution in [0.2, 0.25) is 0 Å². The van der Waals surface area contributed by atoms with Crippen LogP contribution in [0.1, 0.15) is 17.5 Å². The molecule has 1 heterocycles. The second-order valence-corrected chi connectivity index (χ2v) is 5.29. The number of ether oxygens (including phenoxy) is 1. The Labute approximate surface area is 132 Å². The summed E-state index contributed by atoms with van der Waals surface area (Å²) in [6.45, 7) is -0.695. The van der Waals surface area contributed by atoms with E-state index < -0.39 is 47.8 Å². The maximum atomic E-state index is 13.1. The summed E-state index contributed by atoms with van der Waals surface area (Å²) in [5.41, 5.74) is -2.94. The molecule has 1 atom stereocenters. The average molecular weight is 357 g/mol. The summed E-state index contributed by atoms with van der Waals surface area (Å²) in [7, 11) is 0. The van der Waals surface area contributed by atoms with Crippen LogP contribution in [0.3, 0.4) is 0 Å². The highest BCUT2D eigenvalue weighted by Crippen LogP contribution is 2.41. The molecule has 0 radical (unpaired) electrons. The van der Waals surface area contributed by atoms with Gasteiger partial charge in [0.2, 0.25) is 0 Å². The minimum atomic E-state index is -4.81. The lowest BCUT2D eigenvalue weighted by Gasteiger charge is -2.24. The number of rotatable bonds is 4. The molecule has 4 nitrogen and oxygen atoms in total. The van der Waals surface area contributed by atoms with E-state index in [0.29, 0.717) is 18.2 Å². The molecule has 1 N–H and O–H groups in total. The zero-order chi connectivity index (χ0) is 18.1. The van der Waals surface area contributed by atoms with Crippen molar-refractivity contribution in [2.75, 3.05) is 24.6 Å². The third-order valence-electron chi connectivity index (χ3n) is 3.56. The molecular weight excluding hydrogens is 344 g/mol. The zero-order valence-electron chi connectivity index (χ0n) is 12.1. The summed E-state index contributed by atoms with van der Waals surface area (Å²) in [6, 6.07) is 1.26. The number of carboxylic acid groups (broad SMARTS) is 1. The Morgan fingerprint density at radius 3 is 2.42 bits per heavy atom. The van der Waals surface area contributed by atoms with Crippen molar-refractivity contribution in [3.63, 3.8) is 0 Å². The van der Waals surface area contributed by atoms with E-state index in [0.717, 1.165) is 4.90 Å². The highest BCUT2D eigenvalue weighted by Gasteiger charge is 2.39. The van der Waals surface area contributed by atoms with Gasteiger partial charge in [0.05, 0.1) is 17.2 Å². The van der Waals surface area contributed by atoms with Crippen LogP contribution in [-0.2, 0) is 21.9 Å². The first-order valence-corrected chi connectivity index (χ1v) is 6.85. The third kappa shape index (κ3) is 4.31. The number of hydrogen-bond donors (Lipinski definition) is 1. The summed E-state index contributed by atoms with van der Waals surface area (Å²) < 4.78 is 82.5. The van der Waals surface area contributed by atoms with Crippen molar-refractivity contribution in [2.45, 2.75) is 24.9 Å². The molecule has 10 heteroatoms. The van der Waals surface area contributed by atoms with E-state index in [1.807, 2.05) is 0 Å². The maximum Gasteiger partial charge on any atom is 0.418 e. The smallest absolute Gasteiger partial charge is 0.418 e. The van der Waals surface area contributed by atoms with E-state index in [1.54, 1.807) is 0 Å². The lowest BCUT2D eigenvalue weighted by atomic mass is 10.1. The highest BCUT2D eigenvalue weighted by atomic mass is 19.4. The van der Waals surface area contributed by atoms with Gasteiger partial charge in [0.15, 0.2) is 0 Å². The van der Waals surface area contributed by atoms with Gasteiger partial charge in [-0.15, -0.1) is 0 Å². The van der Waals surface area contributed by atoms with Crippen molar-refractivity contribution in [1.29, 1.82) is 0 Å². The predicted molar refractivity (Wildman–Crippen MR) is 70.7 cm³/mol. The molecule has 0 bridgehead atoms. The summed E-state index contributed by atoms with van der Waals surface area (Å²) in [6.07, 6.45) is -10.0. The van der Waals surface area contributed by atoms with Gasteiger partial charge in [-0.05, 0) is 24.6 Å². The molecule has 0 aliphatic carbocycles. The topological polar surface area (TPSA) is 49.8 Å². The van der Waals surface area contributed by atoms with E-state index in [9.17, 15) is 31.1 Å². The fourth-order valence-corrected chi connectivity index (χ4v) is 2.48. The Morgan fingerprint density at radius 1 is 1.21 bits per heavy atom. The molecule has 1 aromatic carbocycles. The van der Waals surface area contributed by atoms with Crippen LogP contribution < -0.4 is 4.90 Å². The molecule has 0 amide bonds. The number of halogens is 6. The Kier molecular flexibility index (Phi) is 4.97. The minimum Gasteiger partial charge on any atom is -0.480 e. The van der Waals surface area contributed by atoms with Crippen LogP contribution in [0, 0.1) is 0 Å². The van der Waals surface area contributed by atoms with Gasteiger partial charge in [0.1, 0.15) is 6.61 Å². The molecule has 24 heavy (non-hydrogen) atoms. The molecule has 1 aromatic rings. The highest BCUT2D eigenvalue weighted by molar-refractivity contribution is 5.68. The molecule has 1 saturated heterocycles. The standard InChI is InChI=1S/C14H13F6NO3/c15-13(16,17)8-1-2-10(14(18,19)20)11(5-8)21-4-3-9(6-21)24-7-12(22)23/h1-2,5,9H,3-4,6-7H2,(H,22,23). The maximum absolute atomic E-state index is 13.1. The first-order valence-electron chi connectivity index (χ1n) is 6.85. The second-order valence-electron chi connectivity index (χ2n) is 5.29. The van der Waals surface area contributed by atoms with Gasteiger partial charge in [0.25, 0.3) is 0 Å². The van der Waals surface area contributed by atoms with Gasteiger partial charge in [-0.2, -0.15) is 26.3 Å². The van der Waals surface area contributed by atoms with Crippen molar-refractivity contribution in [1.82, 2.24) is 0 Å². The first-order chi connectivity index (χ1) is 11.0. The SMILES string of the molecule is O=C(O)COC1CCN(c2cc(C(F)(F)F)ccc2C(F)(F)F)C1. The minimum absolute atomic E-state index is 0.0364. The van der Waals surface area contributed by atoms with Gasteiger partial charge in [-0.3, -0.25) is 0 Å². The van der Waals surface area contributed by atoms with Crippen LogP contribution >= 0.6 is 0 Å². The van der Waals surface area contributed by atoms with Gasteiger partial charge in [-0.25, -0.2) is 4.79 Å². The summed E-state index contributed by atoms with van der Waals surface area (Å²) in [5.74, 6) is -1.23. The van der Waals surface area contributed by atoms with Crippen LogP contribution in [-0.4, -0.2) is 36.9 Å². The molecule has 1 aliphatic rings. The lowest BCUT2D eigenvalue weighted by Crippen LogP contribution is -2.27. The van der Waals surface area contributed by atoms with Crippen molar-refractivity contribution < 1.29 is 41.0 Å². The average Bonchev–Trinajstić information content (AvgIpc) is 2.91. The summed E-state index contributed by atoms with van der Waals surface area (Å²) in [4.78, 5) is 11.6. The third-order valence-corrected chi connectivity index (χ3v) is 3.56. The molecular formula is C14H13F6NO3. The molecule has 1 fully saturated rings. The van der Waals surface area contributed by atoms with Gasteiger partial charge < -0.3 is 14.7 Å². The number of anilines is 1. The molecule has 0 aromatic heterocycles. The van der Waals surface area contributed by atoms with E-state index >= 15 is 0 Å². The summed E-state index contributed by atoms with van der Waals surface area (Å²) in [5, 5.41) is 8.52. The Balaban J connectivity index is 2.29. The normalized spacial score (nSPS) is 18.9. The fourth-order valence-electron chi connectivity index (χ4n) is 2.48. The number of alkyl halides is 6. The second kappa shape index (κ2) is 6.50.